The smallest absolute Gasteiger partial charge is 0.167 e. The van der Waals surface area contributed by atoms with Crippen LogP contribution in [-0.4, -0.2) is 36.3 Å². The van der Waals surface area contributed by atoms with E-state index in [1.165, 1.54) is 0 Å². The molecule has 2 N–H and O–H groups in total. The lowest BCUT2D eigenvalue weighted by Gasteiger charge is -2.33. The first kappa shape index (κ1) is 15.1. The second kappa shape index (κ2) is 7.48. The van der Waals surface area contributed by atoms with Crippen molar-refractivity contribution in [3.05, 3.63) is 35.9 Å². The van der Waals surface area contributed by atoms with E-state index < -0.39 is 11.7 Å². The summed E-state index contributed by atoms with van der Waals surface area (Å²) in [6.45, 7) is 4.06. The van der Waals surface area contributed by atoms with Gasteiger partial charge >= 0.3 is 0 Å². The molecule has 1 atom stereocenters. The number of rotatable bonds is 8. The Balaban J connectivity index is 2.63. The summed E-state index contributed by atoms with van der Waals surface area (Å²) in [5, 5.41) is 18.7. The highest BCUT2D eigenvalue weighted by Gasteiger charge is 2.35. The lowest BCUT2D eigenvalue weighted by atomic mass is 9.92. The van der Waals surface area contributed by atoms with Gasteiger partial charge in [-0.3, -0.25) is 0 Å². The van der Waals surface area contributed by atoms with Crippen LogP contribution in [-0.2, 0) is 16.1 Å². The van der Waals surface area contributed by atoms with Crippen LogP contribution in [0.15, 0.2) is 30.3 Å². The predicted molar refractivity (Wildman–Crippen MR) is 68.9 cm³/mol. The van der Waals surface area contributed by atoms with Crippen molar-refractivity contribution in [2.24, 2.45) is 5.41 Å². The topological polar surface area (TPSA) is 58.9 Å². The van der Waals surface area contributed by atoms with Gasteiger partial charge in [-0.15, -0.1) is 0 Å². The maximum Gasteiger partial charge on any atom is 0.167 e. The molecule has 4 heteroatoms. The van der Waals surface area contributed by atoms with Crippen molar-refractivity contribution in [2.75, 3.05) is 19.8 Å². The third kappa shape index (κ3) is 4.07. The molecule has 0 aliphatic heterocycles. The van der Waals surface area contributed by atoms with Gasteiger partial charge in [0.2, 0.25) is 0 Å². The molecule has 0 saturated carbocycles. The first-order valence-electron chi connectivity index (χ1n) is 6.15. The lowest BCUT2D eigenvalue weighted by Crippen LogP contribution is -2.42. The van der Waals surface area contributed by atoms with Gasteiger partial charge in [0.15, 0.2) is 6.29 Å². The van der Waals surface area contributed by atoms with Crippen LogP contribution in [0.25, 0.3) is 0 Å². The van der Waals surface area contributed by atoms with Crippen molar-refractivity contribution in [1.82, 2.24) is 0 Å². The summed E-state index contributed by atoms with van der Waals surface area (Å²) < 4.78 is 11.1. The quantitative estimate of drug-likeness (QED) is 0.691. The van der Waals surface area contributed by atoms with E-state index in [4.69, 9.17) is 9.47 Å². The molecular formula is C14H22O4. The Bertz CT molecular complexity index is 322. The predicted octanol–water partition coefficient (Wildman–Crippen LogP) is 1.56. The Morgan fingerprint density at radius 2 is 1.72 bits per heavy atom. The molecular weight excluding hydrogens is 232 g/mol. The molecule has 102 valence electrons. The molecule has 1 rings (SSSR count). The summed E-state index contributed by atoms with van der Waals surface area (Å²) in [7, 11) is 0. The Hall–Kier alpha value is -0.940. The average Bonchev–Trinajstić information content (AvgIpc) is 2.43. The highest BCUT2D eigenvalue weighted by atomic mass is 16.7. The van der Waals surface area contributed by atoms with Gasteiger partial charge in [0, 0.05) is 6.61 Å². The fourth-order valence-electron chi connectivity index (χ4n) is 1.55. The van der Waals surface area contributed by atoms with Crippen LogP contribution in [0, 0.1) is 5.41 Å². The summed E-state index contributed by atoms with van der Waals surface area (Å²) in [6, 6.07) is 9.73. The zero-order chi connectivity index (χ0) is 13.4. The van der Waals surface area contributed by atoms with Crippen LogP contribution in [0.1, 0.15) is 19.4 Å². The molecule has 0 aliphatic rings. The van der Waals surface area contributed by atoms with Crippen molar-refractivity contribution in [1.29, 1.82) is 0 Å². The van der Waals surface area contributed by atoms with Crippen molar-refractivity contribution >= 4 is 0 Å². The third-order valence-electron chi connectivity index (χ3n) is 2.85. The fraction of sp³-hybridized carbons (Fsp3) is 0.571. The lowest BCUT2D eigenvalue weighted by molar-refractivity contribution is -0.225. The molecule has 0 amide bonds. The van der Waals surface area contributed by atoms with E-state index in [0.717, 1.165) is 5.56 Å². The summed E-state index contributed by atoms with van der Waals surface area (Å²) in [4.78, 5) is 0. The number of hydrogen-bond acceptors (Lipinski definition) is 4. The minimum absolute atomic E-state index is 0.192. The van der Waals surface area contributed by atoms with Crippen molar-refractivity contribution in [2.45, 2.75) is 26.7 Å². The van der Waals surface area contributed by atoms with Crippen molar-refractivity contribution in [3.8, 4) is 0 Å². The van der Waals surface area contributed by atoms with Gasteiger partial charge in [-0.2, -0.15) is 0 Å². The molecule has 1 aromatic rings. The number of aliphatic hydroxyl groups excluding tert-OH is 2. The Morgan fingerprint density at radius 1 is 1.11 bits per heavy atom. The maximum atomic E-state index is 9.36. The van der Waals surface area contributed by atoms with Crippen LogP contribution in [0.5, 0.6) is 0 Å². The van der Waals surface area contributed by atoms with Gasteiger partial charge in [0.25, 0.3) is 0 Å². The number of hydrogen-bond donors (Lipinski definition) is 2. The molecule has 0 fully saturated rings. The van der Waals surface area contributed by atoms with Gasteiger partial charge < -0.3 is 19.7 Å². The molecule has 18 heavy (non-hydrogen) atoms. The van der Waals surface area contributed by atoms with E-state index in [2.05, 4.69) is 0 Å². The van der Waals surface area contributed by atoms with Gasteiger partial charge in [0.1, 0.15) is 0 Å². The molecule has 0 radical (unpaired) electrons. The zero-order valence-electron chi connectivity index (χ0n) is 11.0. The van der Waals surface area contributed by atoms with Crippen LogP contribution in [0.4, 0.5) is 0 Å². The standard InChI is InChI=1S/C14H22O4/c1-3-17-13(14(2,10-15)11-16)18-9-12-7-5-4-6-8-12/h4-8,13,15-16H,3,9-11H2,1-2H3. The van der Waals surface area contributed by atoms with Crippen LogP contribution in [0.3, 0.4) is 0 Å². The number of aliphatic hydroxyl groups is 2. The van der Waals surface area contributed by atoms with Crippen LogP contribution < -0.4 is 0 Å². The van der Waals surface area contributed by atoms with Crippen LogP contribution >= 0.6 is 0 Å². The maximum absolute atomic E-state index is 9.36. The van der Waals surface area contributed by atoms with E-state index >= 15 is 0 Å². The Kier molecular flexibility index (Phi) is 6.29. The van der Waals surface area contributed by atoms with E-state index in [9.17, 15) is 10.2 Å². The number of ether oxygens (including phenoxy) is 2. The van der Waals surface area contributed by atoms with Crippen molar-refractivity contribution in [3.63, 3.8) is 0 Å². The zero-order valence-corrected chi connectivity index (χ0v) is 11.0. The second-order valence-corrected chi connectivity index (χ2v) is 4.55. The molecule has 0 bridgehead atoms. The van der Waals surface area contributed by atoms with Gasteiger partial charge in [0.05, 0.1) is 25.2 Å². The molecule has 0 spiro atoms. The fourth-order valence-corrected chi connectivity index (χ4v) is 1.55. The van der Waals surface area contributed by atoms with E-state index in [-0.39, 0.29) is 13.2 Å². The second-order valence-electron chi connectivity index (χ2n) is 4.55. The van der Waals surface area contributed by atoms with Crippen molar-refractivity contribution < 1.29 is 19.7 Å². The van der Waals surface area contributed by atoms with Gasteiger partial charge in [-0.05, 0) is 12.5 Å². The molecule has 0 aromatic heterocycles. The minimum atomic E-state index is -0.801. The van der Waals surface area contributed by atoms with Gasteiger partial charge in [-0.1, -0.05) is 37.3 Å². The van der Waals surface area contributed by atoms with Crippen LogP contribution in [0.2, 0.25) is 0 Å². The van der Waals surface area contributed by atoms with E-state index in [0.29, 0.717) is 13.2 Å². The molecule has 4 nitrogen and oxygen atoms in total. The first-order chi connectivity index (χ1) is 8.66. The molecule has 0 saturated heterocycles. The monoisotopic (exact) mass is 254 g/mol. The summed E-state index contributed by atoms with van der Waals surface area (Å²) in [6.07, 6.45) is -0.627. The highest BCUT2D eigenvalue weighted by Crippen LogP contribution is 2.25. The summed E-state index contributed by atoms with van der Waals surface area (Å²) >= 11 is 0. The minimum Gasteiger partial charge on any atom is -0.396 e. The van der Waals surface area contributed by atoms with E-state index in [1.807, 2.05) is 37.3 Å². The average molecular weight is 254 g/mol. The Morgan fingerprint density at radius 3 is 2.22 bits per heavy atom. The summed E-state index contributed by atoms with van der Waals surface area (Å²) in [5.41, 5.74) is 0.227. The summed E-state index contributed by atoms with van der Waals surface area (Å²) in [5.74, 6) is 0. The normalized spacial score (nSPS) is 13.6. The third-order valence-corrected chi connectivity index (χ3v) is 2.85. The largest absolute Gasteiger partial charge is 0.396 e. The molecule has 0 aliphatic carbocycles. The first-order valence-corrected chi connectivity index (χ1v) is 6.15. The molecule has 1 unspecified atom stereocenters. The highest BCUT2D eigenvalue weighted by molar-refractivity contribution is 5.13. The van der Waals surface area contributed by atoms with Gasteiger partial charge in [-0.25, -0.2) is 0 Å². The Labute approximate surface area is 108 Å². The molecule has 1 aromatic carbocycles. The van der Waals surface area contributed by atoms with E-state index in [1.54, 1.807) is 6.92 Å². The molecule has 0 heterocycles. The number of benzene rings is 1. The SMILES string of the molecule is CCOC(OCc1ccccc1)C(C)(CO)CO.